The summed E-state index contributed by atoms with van der Waals surface area (Å²) < 4.78 is 0. The van der Waals surface area contributed by atoms with Crippen LogP contribution in [0.15, 0.2) is 5.10 Å². The molecule has 4 aliphatic rings. The zero-order chi connectivity index (χ0) is 22.4. The monoisotopic (exact) mass is 430 g/mol. The molecular formula is C27H46N2O2. The fraction of sp³-hybridized carbons (Fsp3) is 0.963. The van der Waals surface area contributed by atoms with Gasteiger partial charge in [0.2, 0.25) is 0 Å². The molecule has 0 aliphatic heterocycles. The van der Waals surface area contributed by atoms with Crippen molar-refractivity contribution >= 4 is 5.71 Å². The molecule has 4 saturated carbocycles. The molecule has 0 unspecified atom stereocenters. The summed E-state index contributed by atoms with van der Waals surface area (Å²) in [6, 6.07) is 0. The number of nitro groups is 1. The topological polar surface area (TPSA) is 55.5 Å². The van der Waals surface area contributed by atoms with Crippen molar-refractivity contribution in [1.29, 1.82) is 0 Å². The molecule has 0 saturated heterocycles. The van der Waals surface area contributed by atoms with E-state index in [-0.39, 0.29) is 5.03 Å². The molecule has 0 amide bonds. The van der Waals surface area contributed by atoms with Gasteiger partial charge in [0.1, 0.15) is 0 Å². The van der Waals surface area contributed by atoms with Gasteiger partial charge in [-0.2, -0.15) is 0 Å². The van der Waals surface area contributed by atoms with E-state index < -0.39 is 0 Å². The average molecular weight is 431 g/mol. The van der Waals surface area contributed by atoms with Crippen LogP contribution < -0.4 is 0 Å². The molecule has 31 heavy (non-hydrogen) atoms. The summed E-state index contributed by atoms with van der Waals surface area (Å²) in [6.45, 7) is 12.3. The van der Waals surface area contributed by atoms with Gasteiger partial charge < -0.3 is 0 Å². The minimum Gasteiger partial charge on any atom is -0.233 e. The number of fused-ring (bicyclic) bond motifs is 5. The number of hydrogen-bond donors (Lipinski definition) is 0. The lowest BCUT2D eigenvalue weighted by molar-refractivity contribution is -0.485. The lowest BCUT2D eigenvalue weighted by Crippen LogP contribution is -2.56. The van der Waals surface area contributed by atoms with Crippen molar-refractivity contribution in [2.75, 3.05) is 0 Å². The van der Waals surface area contributed by atoms with Gasteiger partial charge in [-0.1, -0.05) is 66.7 Å². The Morgan fingerprint density at radius 2 is 1.74 bits per heavy atom. The summed E-state index contributed by atoms with van der Waals surface area (Å²) in [6.07, 6.45) is 15.3. The Hall–Kier alpha value is -0.930. The quantitative estimate of drug-likeness (QED) is 0.319. The fourth-order valence-corrected chi connectivity index (χ4v) is 9.22. The van der Waals surface area contributed by atoms with Crippen LogP contribution in [0.2, 0.25) is 0 Å². The van der Waals surface area contributed by atoms with Gasteiger partial charge in [-0.15, -0.1) is 0 Å². The molecule has 4 fully saturated rings. The maximum Gasteiger partial charge on any atom is 0.190 e. The van der Waals surface area contributed by atoms with Gasteiger partial charge >= 0.3 is 0 Å². The summed E-state index contributed by atoms with van der Waals surface area (Å²) in [5.41, 5.74) is 1.69. The summed E-state index contributed by atoms with van der Waals surface area (Å²) in [4.78, 5) is 11.5. The van der Waals surface area contributed by atoms with E-state index in [0.717, 1.165) is 29.9 Å². The molecule has 0 heterocycles. The first kappa shape index (κ1) is 23.2. The number of rotatable bonds is 6. The second-order valence-electron chi connectivity index (χ2n) is 12.8. The molecule has 0 N–H and O–H groups in total. The molecule has 0 aromatic rings. The number of hydrazone groups is 1. The number of nitrogens with zero attached hydrogens (tertiary/aromatic N) is 2. The van der Waals surface area contributed by atoms with Crippen molar-refractivity contribution in [3.05, 3.63) is 10.1 Å². The maximum absolute atomic E-state index is 11.5. The minimum absolute atomic E-state index is 0.341. The molecule has 0 aromatic carbocycles. The Morgan fingerprint density at radius 3 is 2.45 bits per heavy atom. The highest BCUT2D eigenvalue weighted by atomic mass is 16.7. The molecule has 176 valence electrons. The summed E-state index contributed by atoms with van der Waals surface area (Å²) in [7, 11) is 0. The molecule has 0 radical (unpaired) electrons. The van der Waals surface area contributed by atoms with Crippen molar-refractivity contribution in [3.8, 4) is 0 Å². The lowest BCUT2D eigenvalue weighted by Gasteiger charge is -2.60. The van der Waals surface area contributed by atoms with Gasteiger partial charge in [0.15, 0.2) is 5.03 Å². The van der Waals surface area contributed by atoms with E-state index in [0.29, 0.717) is 34.5 Å². The van der Waals surface area contributed by atoms with Crippen molar-refractivity contribution in [2.45, 2.75) is 112 Å². The second-order valence-corrected chi connectivity index (χ2v) is 12.8. The van der Waals surface area contributed by atoms with E-state index in [2.05, 4.69) is 39.7 Å². The van der Waals surface area contributed by atoms with Crippen molar-refractivity contribution in [1.82, 2.24) is 0 Å². The highest BCUT2D eigenvalue weighted by Gasteiger charge is 2.62. The molecule has 0 spiro atoms. The summed E-state index contributed by atoms with van der Waals surface area (Å²) in [5, 5.41) is 15.2. The van der Waals surface area contributed by atoms with Crippen molar-refractivity contribution in [3.63, 3.8) is 0 Å². The third-order valence-corrected chi connectivity index (χ3v) is 10.8. The highest BCUT2D eigenvalue weighted by molar-refractivity contribution is 5.88. The smallest absolute Gasteiger partial charge is 0.190 e. The molecular weight excluding hydrogens is 384 g/mol. The molecule has 4 aliphatic carbocycles. The predicted molar refractivity (Wildman–Crippen MR) is 127 cm³/mol. The Bertz CT molecular complexity index is 703. The summed E-state index contributed by atoms with van der Waals surface area (Å²) >= 11 is 0. The van der Waals surface area contributed by atoms with Gasteiger partial charge in [0, 0.05) is 5.92 Å². The summed E-state index contributed by atoms with van der Waals surface area (Å²) in [5.74, 6) is 4.51. The standard InChI is InChI=1S/C27H46N2O2/c1-18(2)9-8-10-19(3)21-12-13-22-25-23(14-16-27(21,22)5)26(4)15-7-6-11-20(26)17-24(25)28-29(30)31/h18-23,25H,6-17H2,1-5H3/b28-24+/t19-,20-,21+,22-,23+,25+,26+,27-/m1/s1. The van der Waals surface area contributed by atoms with Crippen LogP contribution in [0, 0.1) is 62.4 Å². The SMILES string of the molecule is CC(C)CCC[C@@H](C)[C@@H]1CC[C@@H]2[C@@H]3/C(=N/[N+](=O)[O-])C[C@H]4CCCC[C@]4(C)[C@H]3CC[C@@]21C. The van der Waals surface area contributed by atoms with Crippen LogP contribution in [0.25, 0.3) is 0 Å². The highest BCUT2D eigenvalue weighted by Crippen LogP contribution is 2.67. The van der Waals surface area contributed by atoms with E-state index in [4.69, 9.17) is 0 Å². The average Bonchev–Trinajstić information content (AvgIpc) is 3.04. The zero-order valence-corrected chi connectivity index (χ0v) is 20.7. The first-order chi connectivity index (χ1) is 14.7. The normalized spacial score (nSPS) is 44.6. The van der Waals surface area contributed by atoms with Gasteiger partial charge in [0.25, 0.3) is 0 Å². The first-order valence-corrected chi connectivity index (χ1v) is 13.4. The van der Waals surface area contributed by atoms with E-state index in [1.54, 1.807) is 0 Å². The third-order valence-electron chi connectivity index (χ3n) is 10.8. The van der Waals surface area contributed by atoms with Crippen LogP contribution in [0.5, 0.6) is 0 Å². The van der Waals surface area contributed by atoms with E-state index in [1.807, 2.05) is 0 Å². The van der Waals surface area contributed by atoms with Crippen LogP contribution in [-0.2, 0) is 0 Å². The predicted octanol–water partition coefficient (Wildman–Crippen LogP) is 7.74. The minimum atomic E-state index is -0.384. The van der Waals surface area contributed by atoms with Gasteiger partial charge in [0.05, 0.1) is 10.8 Å². The van der Waals surface area contributed by atoms with Crippen molar-refractivity contribution in [2.24, 2.45) is 57.4 Å². The van der Waals surface area contributed by atoms with Crippen LogP contribution in [0.3, 0.4) is 0 Å². The van der Waals surface area contributed by atoms with Crippen LogP contribution in [-0.4, -0.2) is 10.7 Å². The number of hydrogen-bond acceptors (Lipinski definition) is 2. The van der Waals surface area contributed by atoms with E-state index >= 15 is 0 Å². The van der Waals surface area contributed by atoms with Gasteiger partial charge in [-0.25, -0.2) is 10.1 Å². The largest absolute Gasteiger partial charge is 0.233 e. The van der Waals surface area contributed by atoms with Gasteiger partial charge in [-0.05, 0) is 91.3 Å². The van der Waals surface area contributed by atoms with Gasteiger partial charge in [-0.3, -0.25) is 0 Å². The zero-order valence-electron chi connectivity index (χ0n) is 20.7. The maximum atomic E-state index is 11.5. The second kappa shape index (κ2) is 8.78. The third kappa shape index (κ3) is 4.10. The molecule has 4 heteroatoms. The first-order valence-electron chi connectivity index (χ1n) is 13.4. The Labute approximate surface area is 190 Å². The van der Waals surface area contributed by atoms with E-state index in [9.17, 15) is 10.1 Å². The fourth-order valence-electron chi connectivity index (χ4n) is 9.22. The molecule has 0 aromatic heterocycles. The van der Waals surface area contributed by atoms with Crippen LogP contribution >= 0.6 is 0 Å². The lowest BCUT2D eigenvalue weighted by atomic mass is 9.44. The van der Waals surface area contributed by atoms with Crippen molar-refractivity contribution < 1.29 is 5.03 Å². The molecule has 4 nitrogen and oxygen atoms in total. The molecule has 8 atom stereocenters. The molecule has 0 bridgehead atoms. The Balaban J connectivity index is 1.60. The molecule has 4 rings (SSSR count). The Kier molecular flexibility index (Phi) is 6.58. The Morgan fingerprint density at radius 1 is 1.00 bits per heavy atom. The van der Waals surface area contributed by atoms with Crippen LogP contribution in [0.1, 0.15) is 112 Å². The van der Waals surface area contributed by atoms with E-state index in [1.165, 1.54) is 70.6 Å². The van der Waals surface area contributed by atoms with Crippen LogP contribution in [0.4, 0.5) is 0 Å².